The summed E-state index contributed by atoms with van der Waals surface area (Å²) in [4.78, 5) is 0.261. The fraction of sp³-hybridized carbons (Fsp3) is 0.400. The van der Waals surface area contributed by atoms with Crippen molar-refractivity contribution in [3.05, 3.63) is 71.5 Å². The number of rotatable bonds is 3. The highest BCUT2D eigenvalue weighted by Crippen LogP contribution is 2.44. The molecule has 1 N–H and O–H groups in total. The molecule has 1 aliphatic rings. The fourth-order valence-electron chi connectivity index (χ4n) is 5.26. The molecule has 3 aromatic carbocycles. The zero-order valence-electron chi connectivity index (χ0n) is 21.5. The molecule has 35 heavy (non-hydrogen) atoms. The van der Waals surface area contributed by atoms with E-state index in [2.05, 4.69) is 46.3 Å². The van der Waals surface area contributed by atoms with E-state index < -0.39 is 10.0 Å². The first-order valence-corrected chi connectivity index (χ1v) is 13.9. The van der Waals surface area contributed by atoms with E-state index in [4.69, 9.17) is 4.42 Å². The lowest BCUT2D eigenvalue weighted by Crippen LogP contribution is -2.26. The van der Waals surface area contributed by atoms with Gasteiger partial charge in [0.25, 0.3) is 10.0 Å². The fourth-order valence-corrected chi connectivity index (χ4v) is 6.33. The Balaban J connectivity index is 1.61. The Morgan fingerprint density at radius 3 is 2.17 bits per heavy atom. The molecule has 0 unspecified atom stereocenters. The second kappa shape index (κ2) is 8.12. The van der Waals surface area contributed by atoms with Gasteiger partial charge in [-0.05, 0) is 53.4 Å². The minimum absolute atomic E-state index is 0.0394. The molecule has 0 saturated heterocycles. The van der Waals surface area contributed by atoms with Crippen LogP contribution in [0.4, 0.5) is 5.69 Å². The third-order valence-corrected chi connectivity index (χ3v) is 8.93. The SMILES string of the molecule is CC(C)(C)c1ccc(S(=O)(=O)Nc2cc3c4c(oc3c3ccccc23)CC[C@H](C(C)(C)C)C4)cc1. The monoisotopic (exact) mass is 489 g/mol. The Kier molecular flexibility index (Phi) is 5.55. The molecule has 0 radical (unpaired) electrons. The van der Waals surface area contributed by atoms with Crippen molar-refractivity contribution in [1.29, 1.82) is 0 Å². The van der Waals surface area contributed by atoms with Gasteiger partial charge in [-0.3, -0.25) is 4.72 Å². The van der Waals surface area contributed by atoms with E-state index in [1.54, 1.807) is 12.1 Å². The van der Waals surface area contributed by atoms with Gasteiger partial charge < -0.3 is 4.42 Å². The predicted octanol–water partition coefficient (Wildman–Crippen LogP) is 7.84. The molecule has 1 aliphatic carbocycles. The molecule has 1 aromatic heterocycles. The molecule has 1 heterocycles. The standard InChI is InChI=1S/C30H35NO3S/c1-29(2,3)19-11-14-21(15-12-19)35(32,33)31-26-18-25-24-17-20(30(4,5)6)13-16-27(24)34-28(25)23-10-8-7-9-22(23)26/h7-12,14-15,18,20,31H,13,16-17H2,1-6H3/t20-/m0/s1. The van der Waals surface area contributed by atoms with Crippen molar-refractivity contribution in [1.82, 2.24) is 0 Å². The minimum atomic E-state index is -3.75. The lowest BCUT2D eigenvalue weighted by molar-refractivity contribution is 0.210. The third kappa shape index (κ3) is 4.35. The number of fused-ring (bicyclic) bond motifs is 5. The van der Waals surface area contributed by atoms with E-state index in [0.29, 0.717) is 11.6 Å². The van der Waals surface area contributed by atoms with E-state index >= 15 is 0 Å². The first kappa shape index (κ1) is 23.9. The van der Waals surface area contributed by atoms with Crippen LogP contribution in [0.1, 0.15) is 64.9 Å². The van der Waals surface area contributed by atoms with E-state index in [1.165, 1.54) is 5.56 Å². The number of hydrogen-bond donors (Lipinski definition) is 1. The highest BCUT2D eigenvalue weighted by atomic mass is 32.2. The van der Waals surface area contributed by atoms with E-state index in [9.17, 15) is 8.42 Å². The van der Waals surface area contributed by atoms with Crippen molar-refractivity contribution >= 4 is 37.5 Å². The number of furan rings is 1. The summed E-state index contributed by atoms with van der Waals surface area (Å²) in [6.07, 6.45) is 2.98. The largest absolute Gasteiger partial charge is 0.460 e. The number of sulfonamides is 1. The van der Waals surface area contributed by atoms with Gasteiger partial charge in [-0.1, -0.05) is 77.9 Å². The molecule has 0 saturated carbocycles. The molecule has 5 rings (SSSR count). The number of anilines is 1. The summed E-state index contributed by atoms with van der Waals surface area (Å²) in [5, 5.41) is 2.80. The molecule has 5 heteroatoms. The maximum atomic E-state index is 13.4. The van der Waals surface area contributed by atoms with Gasteiger partial charge in [0.15, 0.2) is 0 Å². The van der Waals surface area contributed by atoms with Gasteiger partial charge in [0, 0.05) is 28.1 Å². The minimum Gasteiger partial charge on any atom is -0.460 e. The van der Waals surface area contributed by atoms with Crippen LogP contribution in [0, 0.1) is 11.3 Å². The number of benzene rings is 3. The van der Waals surface area contributed by atoms with E-state index in [1.807, 2.05) is 42.5 Å². The summed E-state index contributed by atoms with van der Waals surface area (Å²) in [7, 11) is -3.75. The smallest absolute Gasteiger partial charge is 0.261 e. The number of aryl methyl sites for hydroxylation is 1. The van der Waals surface area contributed by atoms with Crippen LogP contribution in [0.15, 0.2) is 63.9 Å². The van der Waals surface area contributed by atoms with Gasteiger partial charge in [-0.15, -0.1) is 0 Å². The van der Waals surface area contributed by atoms with Crippen molar-refractivity contribution in [2.75, 3.05) is 4.72 Å². The zero-order chi connectivity index (χ0) is 25.2. The highest BCUT2D eigenvalue weighted by Gasteiger charge is 2.32. The van der Waals surface area contributed by atoms with E-state index in [-0.39, 0.29) is 15.7 Å². The Morgan fingerprint density at radius 2 is 1.54 bits per heavy atom. The van der Waals surface area contributed by atoms with Crippen LogP contribution < -0.4 is 4.72 Å². The van der Waals surface area contributed by atoms with Crippen LogP contribution in [0.2, 0.25) is 0 Å². The zero-order valence-corrected chi connectivity index (χ0v) is 22.3. The van der Waals surface area contributed by atoms with Crippen LogP contribution in [0.3, 0.4) is 0 Å². The summed E-state index contributed by atoms with van der Waals surface area (Å²) >= 11 is 0. The summed E-state index contributed by atoms with van der Waals surface area (Å²) in [5.41, 5.74) is 3.95. The van der Waals surface area contributed by atoms with Crippen molar-refractivity contribution in [2.45, 2.75) is 71.1 Å². The molecular weight excluding hydrogens is 454 g/mol. The van der Waals surface area contributed by atoms with Crippen LogP contribution in [-0.2, 0) is 28.3 Å². The Bertz CT molecular complexity index is 1510. The molecule has 4 nitrogen and oxygen atoms in total. The van der Waals surface area contributed by atoms with Crippen molar-refractivity contribution in [3.8, 4) is 0 Å². The molecule has 0 aliphatic heterocycles. The van der Waals surface area contributed by atoms with Gasteiger partial charge in [0.2, 0.25) is 0 Å². The van der Waals surface area contributed by atoms with Crippen molar-refractivity contribution in [3.63, 3.8) is 0 Å². The normalized spacial score (nSPS) is 17.0. The van der Waals surface area contributed by atoms with Gasteiger partial charge >= 0.3 is 0 Å². The highest BCUT2D eigenvalue weighted by molar-refractivity contribution is 7.92. The second-order valence-electron chi connectivity index (χ2n) is 12.0. The molecule has 0 bridgehead atoms. The molecular formula is C30H35NO3S. The number of nitrogens with one attached hydrogen (secondary N) is 1. The molecule has 0 amide bonds. The summed E-state index contributed by atoms with van der Waals surface area (Å²) in [6, 6.07) is 17.0. The average molecular weight is 490 g/mol. The molecule has 0 fully saturated rings. The van der Waals surface area contributed by atoms with Crippen molar-refractivity contribution in [2.24, 2.45) is 11.3 Å². The maximum Gasteiger partial charge on any atom is 0.261 e. The summed E-state index contributed by atoms with van der Waals surface area (Å²) < 4.78 is 36.1. The summed E-state index contributed by atoms with van der Waals surface area (Å²) in [5.74, 6) is 1.60. The summed E-state index contributed by atoms with van der Waals surface area (Å²) in [6.45, 7) is 13.2. The van der Waals surface area contributed by atoms with Gasteiger partial charge in [0.1, 0.15) is 11.3 Å². The van der Waals surface area contributed by atoms with Gasteiger partial charge in [-0.25, -0.2) is 8.42 Å². The first-order chi connectivity index (χ1) is 16.3. The predicted molar refractivity (Wildman–Crippen MR) is 145 cm³/mol. The Labute approximate surface area is 208 Å². The van der Waals surface area contributed by atoms with Crippen molar-refractivity contribution < 1.29 is 12.8 Å². The van der Waals surface area contributed by atoms with Crippen LogP contribution >= 0.6 is 0 Å². The Morgan fingerprint density at radius 1 is 0.886 bits per heavy atom. The van der Waals surface area contributed by atoms with Crippen LogP contribution in [0.25, 0.3) is 21.7 Å². The van der Waals surface area contributed by atoms with Crippen LogP contribution in [0.5, 0.6) is 0 Å². The van der Waals surface area contributed by atoms with Gasteiger partial charge in [0.05, 0.1) is 10.6 Å². The Hall–Kier alpha value is -2.79. The topological polar surface area (TPSA) is 59.3 Å². The third-order valence-electron chi connectivity index (χ3n) is 7.55. The molecule has 4 aromatic rings. The molecule has 0 spiro atoms. The van der Waals surface area contributed by atoms with Gasteiger partial charge in [-0.2, -0.15) is 0 Å². The molecule has 1 atom stereocenters. The lowest BCUT2D eigenvalue weighted by Gasteiger charge is -2.33. The second-order valence-corrected chi connectivity index (χ2v) is 13.7. The first-order valence-electron chi connectivity index (χ1n) is 12.4. The maximum absolute atomic E-state index is 13.4. The lowest BCUT2D eigenvalue weighted by atomic mass is 9.71. The average Bonchev–Trinajstić information content (AvgIpc) is 3.16. The quantitative estimate of drug-likeness (QED) is 0.319. The van der Waals surface area contributed by atoms with E-state index in [0.717, 1.165) is 52.3 Å². The van der Waals surface area contributed by atoms with Crippen LogP contribution in [-0.4, -0.2) is 8.42 Å². The molecule has 184 valence electrons. The number of hydrogen-bond acceptors (Lipinski definition) is 3.